The van der Waals surface area contributed by atoms with Crippen molar-refractivity contribution in [1.29, 1.82) is 0 Å². The maximum absolute atomic E-state index is 12.6. The van der Waals surface area contributed by atoms with Crippen molar-refractivity contribution < 1.29 is 9.53 Å². The van der Waals surface area contributed by atoms with Gasteiger partial charge in [0, 0.05) is 36.3 Å². The van der Waals surface area contributed by atoms with E-state index in [0.717, 1.165) is 35.1 Å². The van der Waals surface area contributed by atoms with Crippen molar-refractivity contribution in [2.24, 2.45) is 5.41 Å². The van der Waals surface area contributed by atoms with Crippen LogP contribution >= 0.6 is 15.9 Å². The minimum absolute atomic E-state index is 0.0752. The summed E-state index contributed by atoms with van der Waals surface area (Å²) < 4.78 is 6.44. The van der Waals surface area contributed by atoms with Gasteiger partial charge in [-0.15, -0.1) is 0 Å². The number of aromatic nitrogens is 1. The molecule has 2 aliphatic carbocycles. The number of hydrogen-bond donors (Lipinski definition) is 1. The van der Waals surface area contributed by atoms with Crippen LogP contribution in [0, 0.1) is 12.3 Å². The lowest BCUT2D eigenvalue weighted by molar-refractivity contribution is -0.181. The molecule has 2 fully saturated rings. The van der Waals surface area contributed by atoms with Crippen molar-refractivity contribution >= 4 is 27.6 Å². The minimum Gasteiger partial charge on any atom is -0.381 e. The second-order valence-electron chi connectivity index (χ2n) is 6.39. The van der Waals surface area contributed by atoms with Crippen LogP contribution in [0.15, 0.2) is 16.7 Å². The third kappa shape index (κ3) is 2.42. The van der Waals surface area contributed by atoms with Crippen LogP contribution in [0.5, 0.6) is 0 Å². The van der Waals surface area contributed by atoms with Crippen molar-refractivity contribution in [1.82, 2.24) is 9.88 Å². The zero-order chi connectivity index (χ0) is 15.9. The van der Waals surface area contributed by atoms with E-state index in [1.165, 1.54) is 6.42 Å². The van der Waals surface area contributed by atoms with Gasteiger partial charge in [-0.1, -0.05) is 6.42 Å². The normalized spacial score (nSPS) is 25.3. The van der Waals surface area contributed by atoms with E-state index in [2.05, 4.69) is 26.2 Å². The van der Waals surface area contributed by atoms with Gasteiger partial charge < -0.3 is 15.0 Å². The number of nitrogens with one attached hydrogen (secondary N) is 1. The number of hydrogen-bond acceptors (Lipinski definition) is 3. The zero-order valence-corrected chi connectivity index (χ0v) is 14.8. The summed E-state index contributed by atoms with van der Waals surface area (Å²) in [7, 11) is 3.66. The first-order valence-corrected chi connectivity index (χ1v) is 8.46. The Labute approximate surface area is 139 Å². The Balaban J connectivity index is 1.69. The molecule has 1 aromatic heterocycles. The third-order valence-electron chi connectivity index (χ3n) is 5.39. The smallest absolute Gasteiger partial charge is 0.321 e. The van der Waals surface area contributed by atoms with Gasteiger partial charge in [0.25, 0.3) is 0 Å². The fraction of sp³-hybridized carbons (Fsp3) is 0.625. The number of carbonyl (C=O) groups excluding carboxylic acids is 1. The van der Waals surface area contributed by atoms with Crippen LogP contribution in [0.3, 0.4) is 0 Å². The van der Waals surface area contributed by atoms with E-state index in [0.29, 0.717) is 6.10 Å². The molecule has 1 N–H and O–H groups in total. The van der Waals surface area contributed by atoms with E-state index in [1.54, 1.807) is 13.3 Å². The summed E-state index contributed by atoms with van der Waals surface area (Å²) in [4.78, 5) is 18.7. The number of urea groups is 1. The number of carbonyl (C=O) groups is 1. The second kappa shape index (κ2) is 5.81. The molecule has 22 heavy (non-hydrogen) atoms. The Bertz CT molecular complexity index is 589. The molecule has 0 aliphatic heterocycles. The van der Waals surface area contributed by atoms with Gasteiger partial charge in [-0.2, -0.15) is 0 Å². The first-order chi connectivity index (χ1) is 10.5. The lowest BCUT2D eigenvalue weighted by Crippen LogP contribution is -2.68. The van der Waals surface area contributed by atoms with E-state index in [9.17, 15) is 4.79 Å². The van der Waals surface area contributed by atoms with Gasteiger partial charge in [0.1, 0.15) is 0 Å². The molecular weight excluding hydrogens is 346 g/mol. The molecule has 1 spiro atoms. The number of halogens is 1. The van der Waals surface area contributed by atoms with Crippen LogP contribution in [0.25, 0.3) is 0 Å². The van der Waals surface area contributed by atoms with Crippen LogP contribution in [0.2, 0.25) is 0 Å². The molecule has 120 valence electrons. The fourth-order valence-corrected chi connectivity index (χ4v) is 4.15. The highest BCUT2D eigenvalue weighted by Gasteiger charge is 2.60. The van der Waals surface area contributed by atoms with Gasteiger partial charge in [-0.05, 0) is 48.2 Å². The molecule has 5 nitrogen and oxygen atoms in total. The summed E-state index contributed by atoms with van der Waals surface area (Å²) in [5, 5.41) is 2.97. The molecule has 6 heteroatoms. The summed E-state index contributed by atoms with van der Waals surface area (Å²) in [6.07, 6.45) is 6.51. The highest BCUT2D eigenvalue weighted by Crippen LogP contribution is 2.58. The SMILES string of the molecule is COC1CC(N(C)C(=O)Nc2cc(Br)cnc2C)C12CCC2. The molecule has 2 saturated carbocycles. The molecule has 0 radical (unpaired) electrons. The zero-order valence-electron chi connectivity index (χ0n) is 13.2. The highest BCUT2D eigenvalue weighted by molar-refractivity contribution is 9.10. The Hall–Kier alpha value is -1.14. The van der Waals surface area contributed by atoms with Gasteiger partial charge in [-0.3, -0.25) is 4.98 Å². The van der Waals surface area contributed by atoms with Crippen LogP contribution in [-0.2, 0) is 4.74 Å². The van der Waals surface area contributed by atoms with Gasteiger partial charge in [0.05, 0.1) is 17.5 Å². The van der Waals surface area contributed by atoms with Crippen LogP contribution < -0.4 is 5.32 Å². The first-order valence-electron chi connectivity index (χ1n) is 7.66. The molecule has 2 unspecified atom stereocenters. The number of methoxy groups -OCH3 is 1. The Morgan fingerprint density at radius 1 is 1.55 bits per heavy atom. The lowest BCUT2D eigenvalue weighted by atomic mass is 9.50. The standard InChI is InChI=1S/C16H22BrN3O2/c1-10-12(7-11(17)9-18-10)19-15(21)20(2)13-8-14(22-3)16(13)5-4-6-16/h7,9,13-14H,4-6,8H2,1-3H3,(H,19,21). The average Bonchev–Trinajstić information content (AvgIpc) is 2.40. The minimum atomic E-state index is -0.0752. The average molecular weight is 368 g/mol. The van der Waals surface area contributed by atoms with Crippen molar-refractivity contribution in [3.8, 4) is 0 Å². The van der Waals surface area contributed by atoms with Crippen molar-refractivity contribution in [2.45, 2.75) is 44.8 Å². The van der Waals surface area contributed by atoms with E-state index in [1.807, 2.05) is 24.9 Å². The van der Waals surface area contributed by atoms with Crippen LogP contribution in [0.4, 0.5) is 10.5 Å². The predicted octanol–water partition coefficient (Wildman–Crippen LogP) is 3.57. The van der Waals surface area contributed by atoms with Crippen molar-refractivity contribution in [3.05, 3.63) is 22.4 Å². The summed E-state index contributed by atoms with van der Waals surface area (Å²) in [5.41, 5.74) is 1.74. The van der Waals surface area contributed by atoms with Crippen LogP contribution in [0.1, 0.15) is 31.4 Å². The van der Waals surface area contributed by atoms with Gasteiger partial charge >= 0.3 is 6.03 Å². The molecule has 2 aliphatic rings. The van der Waals surface area contributed by atoms with Crippen molar-refractivity contribution in [3.63, 3.8) is 0 Å². The van der Waals surface area contributed by atoms with Gasteiger partial charge in [-0.25, -0.2) is 4.79 Å². The summed E-state index contributed by atoms with van der Waals surface area (Å²) in [6, 6.07) is 2.08. The van der Waals surface area contributed by atoms with Gasteiger partial charge in [0.2, 0.25) is 0 Å². The number of amides is 2. The predicted molar refractivity (Wildman–Crippen MR) is 88.9 cm³/mol. The lowest BCUT2D eigenvalue weighted by Gasteiger charge is -2.62. The van der Waals surface area contributed by atoms with E-state index < -0.39 is 0 Å². The molecule has 0 saturated heterocycles. The number of anilines is 1. The molecule has 3 rings (SSSR count). The van der Waals surface area contributed by atoms with Gasteiger partial charge in [0.15, 0.2) is 0 Å². The summed E-state index contributed by atoms with van der Waals surface area (Å²) in [5.74, 6) is 0. The highest BCUT2D eigenvalue weighted by atomic mass is 79.9. The Morgan fingerprint density at radius 2 is 2.27 bits per heavy atom. The number of ether oxygens (including phenoxy) is 1. The number of nitrogens with zero attached hydrogens (tertiary/aromatic N) is 2. The summed E-state index contributed by atoms with van der Waals surface area (Å²) >= 11 is 3.39. The van der Waals surface area contributed by atoms with E-state index in [-0.39, 0.29) is 17.5 Å². The maximum atomic E-state index is 12.6. The molecule has 1 aromatic rings. The number of rotatable bonds is 3. The van der Waals surface area contributed by atoms with Crippen LogP contribution in [-0.4, -0.2) is 42.2 Å². The molecule has 2 atom stereocenters. The quantitative estimate of drug-likeness (QED) is 0.888. The Morgan fingerprint density at radius 3 is 2.86 bits per heavy atom. The third-order valence-corrected chi connectivity index (χ3v) is 5.83. The molecule has 0 aromatic carbocycles. The molecule has 2 amide bonds. The fourth-order valence-electron chi connectivity index (χ4n) is 3.82. The van der Waals surface area contributed by atoms with E-state index >= 15 is 0 Å². The largest absolute Gasteiger partial charge is 0.381 e. The number of aryl methyl sites for hydroxylation is 1. The van der Waals surface area contributed by atoms with Crippen molar-refractivity contribution in [2.75, 3.05) is 19.5 Å². The number of pyridine rings is 1. The maximum Gasteiger partial charge on any atom is 0.321 e. The Kier molecular flexibility index (Phi) is 4.16. The topological polar surface area (TPSA) is 54.5 Å². The summed E-state index contributed by atoms with van der Waals surface area (Å²) in [6.45, 7) is 1.89. The second-order valence-corrected chi connectivity index (χ2v) is 7.31. The first kappa shape index (κ1) is 15.7. The molecule has 0 bridgehead atoms. The molecule has 1 heterocycles. The monoisotopic (exact) mass is 367 g/mol. The van der Waals surface area contributed by atoms with E-state index in [4.69, 9.17) is 4.74 Å². The molecular formula is C16H22BrN3O2.